The Balaban J connectivity index is 3.13. The molecule has 0 aromatic heterocycles. The Hall–Kier alpha value is -1.52. The van der Waals surface area contributed by atoms with E-state index in [1.54, 1.807) is 0 Å². The van der Waals surface area contributed by atoms with Gasteiger partial charge in [-0.05, 0) is 58.8 Å². The Morgan fingerprint density at radius 2 is 1.44 bits per heavy atom. The van der Waals surface area contributed by atoms with Crippen LogP contribution < -0.4 is 0 Å². The first kappa shape index (κ1) is 21.5. The van der Waals surface area contributed by atoms with E-state index in [4.69, 9.17) is 9.47 Å². The molecule has 1 rings (SSSR count). The number of nitrogens with zero attached hydrogens (tertiary/aromatic N) is 1. The van der Waals surface area contributed by atoms with Gasteiger partial charge in [0.2, 0.25) is 0 Å². The van der Waals surface area contributed by atoms with E-state index < -0.39 is 23.4 Å². The van der Waals surface area contributed by atoms with Gasteiger partial charge in [-0.2, -0.15) is 0 Å². The van der Waals surface area contributed by atoms with Crippen molar-refractivity contribution < 1.29 is 19.1 Å². The molecule has 3 unspecified atom stereocenters. The molecule has 0 aromatic carbocycles. The number of hydrogen-bond acceptors (Lipinski definition) is 4. The molecule has 3 atom stereocenters. The normalized spacial score (nSPS) is 23.9. The summed E-state index contributed by atoms with van der Waals surface area (Å²) < 4.78 is 11.2. The van der Waals surface area contributed by atoms with Gasteiger partial charge in [-0.25, -0.2) is 14.5 Å². The molecule has 0 fully saturated rings. The first-order valence-electron chi connectivity index (χ1n) is 9.36. The number of allylic oxidation sites excluding steroid dienone is 1. The van der Waals surface area contributed by atoms with Gasteiger partial charge in [0.15, 0.2) is 0 Å². The van der Waals surface area contributed by atoms with Crippen LogP contribution in [0.2, 0.25) is 0 Å². The van der Waals surface area contributed by atoms with Crippen molar-refractivity contribution in [2.75, 3.05) is 0 Å². The van der Waals surface area contributed by atoms with Crippen molar-refractivity contribution in [3.8, 4) is 0 Å². The van der Waals surface area contributed by atoms with Gasteiger partial charge in [0.05, 0.1) is 6.04 Å². The van der Waals surface area contributed by atoms with Crippen molar-refractivity contribution in [1.82, 2.24) is 4.90 Å². The van der Waals surface area contributed by atoms with Crippen molar-refractivity contribution in [1.29, 1.82) is 0 Å². The molecule has 1 aliphatic rings. The molecule has 0 saturated carbocycles. The molecule has 5 nitrogen and oxygen atoms in total. The topological polar surface area (TPSA) is 55.8 Å². The largest absolute Gasteiger partial charge is 0.443 e. The molecule has 0 heterocycles. The number of carbonyl (C=O) groups excluding carboxylic acids is 2. The smallest absolute Gasteiger partial charge is 0.420 e. The monoisotopic (exact) mass is 353 g/mol. The maximum Gasteiger partial charge on any atom is 0.420 e. The molecule has 2 amide bonds. The Kier molecular flexibility index (Phi) is 7.09. The highest BCUT2D eigenvalue weighted by Gasteiger charge is 2.40. The highest BCUT2D eigenvalue weighted by Crippen LogP contribution is 2.31. The number of amides is 2. The Morgan fingerprint density at radius 3 is 1.84 bits per heavy atom. The summed E-state index contributed by atoms with van der Waals surface area (Å²) in [5.41, 5.74) is -1.27. The molecule has 0 saturated heterocycles. The van der Waals surface area contributed by atoms with Gasteiger partial charge in [0.25, 0.3) is 0 Å². The minimum absolute atomic E-state index is 0.138. The molecule has 1 aliphatic carbocycles. The number of imide groups is 1. The summed E-state index contributed by atoms with van der Waals surface area (Å²) in [6, 6.07) is -0.357. The molecule has 0 radical (unpaired) electrons. The minimum atomic E-state index is -0.639. The standard InChI is InChI=1S/C20H35NO4/c1-9-19(5,6)24-17(22)21(18(23)25-20(7,8)10-2)16-13-11-12-14(3)15(16)4/h11,13-16H,9-10,12H2,1-8H3. The lowest BCUT2D eigenvalue weighted by atomic mass is 9.82. The van der Waals surface area contributed by atoms with Crippen LogP contribution in [0.4, 0.5) is 9.59 Å². The maximum atomic E-state index is 12.9. The quantitative estimate of drug-likeness (QED) is 0.609. The van der Waals surface area contributed by atoms with Crippen molar-refractivity contribution in [3.63, 3.8) is 0 Å². The van der Waals surface area contributed by atoms with Crippen molar-refractivity contribution in [3.05, 3.63) is 12.2 Å². The Morgan fingerprint density at radius 1 is 1.00 bits per heavy atom. The van der Waals surface area contributed by atoms with E-state index in [1.165, 1.54) is 0 Å². The Labute approximate surface area is 152 Å². The summed E-state index contributed by atoms with van der Waals surface area (Å²) in [5, 5.41) is 0. The van der Waals surface area contributed by atoms with Crippen LogP contribution in [-0.2, 0) is 9.47 Å². The van der Waals surface area contributed by atoms with Crippen LogP contribution in [-0.4, -0.2) is 34.3 Å². The molecular formula is C20H35NO4. The van der Waals surface area contributed by atoms with Crippen LogP contribution >= 0.6 is 0 Å². The van der Waals surface area contributed by atoms with E-state index >= 15 is 0 Å². The average molecular weight is 354 g/mol. The van der Waals surface area contributed by atoms with E-state index in [0.717, 1.165) is 11.3 Å². The highest BCUT2D eigenvalue weighted by molar-refractivity contribution is 5.89. The number of carbonyl (C=O) groups is 2. The highest BCUT2D eigenvalue weighted by atomic mass is 16.6. The summed E-state index contributed by atoms with van der Waals surface area (Å²) in [6.07, 6.45) is 4.93. The first-order chi connectivity index (χ1) is 11.4. The van der Waals surface area contributed by atoms with Crippen molar-refractivity contribution in [2.24, 2.45) is 11.8 Å². The van der Waals surface area contributed by atoms with Crippen LogP contribution in [0.5, 0.6) is 0 Å². The van der Waals surface area contributed by atoms with Gasteiger partial charge < -0.3 is 9.47 Å². The third-order valence-electron chi connectivity index (χ3n) is 5.40. The van der Waals surface area contributed by atoms with Gasteiger partial charge in [-0.3, -0.25) is 0 Å². The number of hydrogen-bond donors (Lipinski definition) is 0. The van der Waals surface area contributed by atoms with E-state index in [0.29, 0.717) is 18.8 Å². The molecule has 0 spiro atoms. The van der Waals surface area contributed by atoms with E-state index in [1.807, 2.05) is 53.7 Å². The van der Waals surface area contributed by atoms with Crippen LogP contribution in [0, 0.1) is 11.8 Å². The fourth-order valence-electron chi connectivity index (χ4n) is 2.51. The van der Waals surface area contributed by atoms with Gasteiger partial charge in [0.1, 0.15) is 11.2 Å². The second kappa shape index (κ2) is 8.24. The zero-order chi connectivity index (χ0) is 19.4. The molecule has 0 N–H and O–H groups in total. The molecule has 0 aliphatic heterocycles. The second-order valence-electron chi connectivity index (χ2n) is 8.32. The number of rotatable bonds is 5. The summed E-state index contributed by atoms with van der Waals surface area (Å²) in [4.78, 5) is 26.9. The lowest BCUT2D eigenvalue weighted by Crippen LogP contribution is -2.52. The lowest BCUT2D eigenvalue weighted by molar-refractivity contribution is -0.0217. The van der Waals surface area contributed by atoms with E-state index in [9.17, 15) is 9.59 Å². The lowest BCUT2D eigenvalue weighted by Gasteiger charge is -2.38. The molecular weight excluding hydrogens is 318 g/mol. The minimum Gasteiger partial charge on any atom is -0.443 e. The zero-order valence-electron chi connectivity index (χ0n) is 17.1. The van der Waals surface area contributed by atoms with Crippen LogP contribution in [0.25, 0.3) is 0 Å². The van der Waals surface area contributed by atoms with Gasteiger partial charge in [-0.15, -0.1) is 0 Å². The fraction of sp³-hybridized carbons (Fsp3) is 0.800. The predicted molar refractivity (Wildman–Crippen MR) is 99.4 cm³/mol. The van der Waals surface area contributed by atoms with Crippen LogP contribution in [0.3, 0.4) is 0 Å². The van der Waals surface area contributed by atoms with Crippen LogP contribution in [0.15, 0.2) is 12.2 Å². The molecule has 0 bridgehead atoms. The second-order valence-corrected chi connectivity index (χ2v) is 8.32. The Bertz CT molecular complexity index is 480. The molecule has 5 heteroatoms. The average Bonchev–Trinajstić information content (AvgIpc) is 2.51. The summed E-state index contributed by atoms with van der Waals surface area (Å²) in [6.45, 7) is 15.4. The van der Waals surface area contributed by atoms with E-state index in [2.05, 4.69) is 13.8 Å². The SMILES string of the molecule is CCC(C)(C)OC(=O)N(C(=O)OC(C)(C)CC)C1C=CCC(C)C1C. The van der Waals surface area contributed by atoms with E-state index in [-0.39, 0.29) is 12.0 Å². The van der Waals surface area contributed by atoms with Crippen LogP contribution in [0.1, 0.15) is 74.7 Å². The van der Waals surface area contributed by atoms with Gasteiger partial charge in [-0.1, -0.05) is 39.8 Å². The molecule has 0 aromatic rings. The summed E-state index contributed by atoms with van der Waals surface area (Å²) in [7, 11) is 0. The predicted octanol–water partition coefficient (Wildman–Crippen LogP) is 5.54. The van der Waals surface area contributed by atoms with Gasteiger partial charge in [0, 0.05) is 0 Å². The van der Waals surface area contributed by atoms with Gasteiger partial charge >= 0.3 is 12.2 Å². The molecule has 144 valence electrons. The third-order valence-corrected chi connectivity index (χ3v) is 5.40. The summed E-state index contributed by atoms with van der Waals surface area (Å²) >= 11 is 0. The third kappa shape index (κ3) is 5.75. The molecule has 25 heavy (non-hydrogen) atoms. The van der Waals surface area contributed by atoms with Crippen molar-refractivity contribution in [2.45, 2.75) is 91.9 Å². The first-order valence-corrected chi connectivity index (χ1v) is 9.36. The fourth-order valence-corrected chi connectivity index (χ4v) is 2.51. The van der Waals surface area contributed by atoms with Crippen molar-refractivity contribution >= 4 is 12.2 Å². The number of ether oxygens (including phenoxy) is 2. The summed E-state index contributed by atoms with van der Waals surface area (Å²) in [5.74, 6) is 0.510. The zero-order valence-corrected chi connectivity index (χ0v) is 17.1. The maximum absolute atomic E-state index is 12.9.